The average molecular weight is 391 g/mol. The van der Waals surface area contributed by atoms with Crippen LogP contribution in [0.3, 0.4) is 0 Å². The quantitative estimate of drug-likeness (QED) is 0.845. The van der Waals surface area contributed by atoms with Crippen molar-refractivity contribution in [3.8, 4) is 11.9 Å². The highest BCUT2D eigenvalue weighted by Gasteiger charge is 2.53. The van der Waals surface area contributed by atoms with Gasteiger partial charge in [-0.15, -0.1) is 0 Å². The maximum absolute atomic E-state index is 14.0. The van der Waals surface area contributed by atoms with E-state index in [-0.39, 0.29) is 17.8 Å². The molecular formula is C20H23F2N3O3. The van der Waals surface area contributed by atoms with E-state index in [1.165, 1.54) is 20.3 Å². The zero-order chi connectivity index (χ0) is 19.9. The number of likely N-dealkylation sites (tertiary alicyclic amines) is 1. The first-order valence-corrected chi connectivity index (χ1v) is 9.28. The van der Waals surface area contributed by atoms with Gasteiger partial charge in [0.05, 0.1) is 19.8 Å². The summed E-state index contributed by atoms with van der Waals surface area (Å²) in [6.07, 6.45) is 2.97. The van der Waals surface area contributed by atoms with Crippen molar-refractivity contribution in [3.63, 3.8) is 0 Å². The van der Waals surface area contributed by atoms with Crippen LogP contribution >= 0.6 is 0 Å². The van der Waals surface area contributed by atoms with Crippen LogP contribution < -0.4 is 9.47 Å². The second-order valence-corrected chi connectivity index (χ2v) is 7.54. The minimum Gasteiger partial charge on any atom is -0.481 e. The van der Waals surface area contributed by atoms with E-state index in [0.29, 0.717) is 36.5 Å². The first kappa shape index (κ1) is 19.0. The molecule has 1 saturated carbocycles. The van der Waals surface area contributed by atoms with Gasteiger partial charge in [-0.3, -0.25) is 4.90 Å². The summed E-state index contributed by atoms with van der Waals surface area (Å²) in [4.78, 5) is 10.4. The monoisotopic (exact) mass is 391 g/mol. The predicted octanol–water partition coefficient (Wildman–Crippen LogP) is 2.50. The summed E-state index contributed by atoms with van der Waals surface area (Å²) in [7, 11) is 2.96. The van der Waals surface area contributed by atoms with E-state index in [1.807, 2.05) is 0 Å². The van der Waals surface area contributed by atoms with Crippen molar-refractivity contribution >= 4 is 0 Å². The molecule has 3 atom stereocenters. The Morgan fingerprint density at radius 2 is 2.07 bits per heavy atom. The number of hydrogen-bond acceptors (Lipinski definition) is 6. The van der Waals surface area contributed by atoms with E-state index in [9.17, 15) is 13.9 Å². The molecule has 4 rings (SSSR count). The summed E-state index contributed by atoms with van der Waals surface area (Å²) in [6.45, 7) is 1.61. The molecule has 1 aromatic heterocycles. The summed E-state index contributed by atoms with van der Waals surface area (Å²) >= 11 is 0. The van der Waals surface area contributed by atoms with E-state index in [2.05, 4.69) is 14.9 Å². The zero-order valence-electron chi connectivity index (χ0n) is 15.9. The molecule has 8 heteroatoms. The third kappa shape index (κ3) is 3.20. The van der Waals surface area contributed by atoms with E-state index >= 15 is 0 Å². The Labute approximate surface area is 162 Å². The molecule has 2 fully saturated rings. The van der Waals surface area contributed by atoms with E-state index in [0.717, 1.165) is 25.1 Å². The number of benzene rings is 1. The van der Waals surface area contributed by atoms with Crippen molar-refractivity contribution in [2.24, 2.45) is 11.8 Å². The van der Waals surface area contributed by atoms with E-state index < -0.39 is 17.2 Å². The molecule has 1 N–H and O–H groups in total. The van der Waals surface area contributed by atoms with Crippen molar-refractivity contribution in [1.29, 1.82) is 0 Å². The van der Waals surface area contributed by atoms with Gasteiger partial charge in [0.1, 0.15) is 17.2 Å². The molecule has 0 amide bonds. The van der Waals surface area contributed by atoms with Crippen LogP contribution in [0.5, 0.6) is 11.9 Å². The van der Waals surface area contributed by atoms with Crippen molar-refractivity contribution in [3.05, 3.63) is 47.2 Å². The van der Waals surface area contributed by atoms with Crippen LogP contribution in [0.15, 0.2) is 24.4 Å². The van der Waals surface area contributed by atoms with Crippen LogP contribution in [0.25, 0.3) is 0 Å². The lowest BCUT2D eigenvalue weighted by atomic mass is 9.83. The Morgan fingerprint density at radius 1 is 1.25 bits per heavy atom. The van der Waals surface area contributed by atoms with Crippen LogP contribution in [-0.4, -0.2) is 47.3 Å². The van der Waals surface area contributed by atoms with Crippen LogP contribution in [0.2, 0.25) is 0 Å². The highest BCUT2D eigenvalue weighted by Crippen LogP contribution is 2.52. The predicted molar refractivity (Wildman–Crippen MR) is 96.9 cm³/mol. The van der Waals surface area contributed by atoms with Gasteiger partial charge in [-0.05, 0) is 37.0 Å². The van der Waals surface area contributed by atoms with Gasteiger partial charge >= 0.3 is 6.01 Å². The molecule has 0 radical (unpaired) electrons. The highest BCUT2D eigenvalue weighted by atomic mass is 19.1. The molecule has 1 aromatic carbocycles. The molecule has 1 aliphatic heterocycles. The molecule has 0 spiro atoms. The molecule has 28 heavy (non-hydrogen) atoms. The number of fused-ring (bicyclic) bond motifs is 1. The SMILES string of the molecule is COc1ncc([C@]2(O)CC[C@H]3CN(Cc4cc(F)ccc4F)C[C@H]32)c(OC)n1. The summed E-state index contributed by atoms with van der Waals surface area (Å²) < 4.78 is 37.9. The van der Waals surface area contributed by atoms with Gasteiger partial charge in [0, 0.05) is 37.3 Å². The Kier molecular flexibility index (Phi) is 4.93. The number of methoxy groups -OCH3 is 2. The van der Waals surface area contributed by atoms with Crippen molar-refractivity contribution in [2.45, 2.75) is 25.0 Å². The number of ether oxygens (including phenoxy) is 2. The van der Waals surface area contributed by atoms with Gasteiger partial charge in [0.25, 0.3) is 0 Å². The number of nitrogens with zero attached hydrogens (tertiary/aromatic N) is 3. The maximum atomic E-state index is 14.0. The number of aromatic nitrogens is 2. The van der Waals surface area contributed by atoms with Gasteiger partial charge in [-0.2, -0.15) is 4.98 Å². The standard InChI is InChI=1S/C20H23F2N3O3/c1-27-18-15(8-23-19(24-18)28-2)20(26)6-5-12-9-25(11-16(12)20)10-13-7-14(21)3-4-17(13)22/h3-4,7-8,12,16,26H,5-6,9-11H2,1-2H3/t12-,16+,20+/m0/s1. The topological polar surface area (TPSA) is 67.7 Å². The van der Waals surface area contributed by atoms with Crippen LogP contribution in [0.4, 0.5) is 8.78 Å². The largest absolute Gasteiger partial charge is 0.481 e. The molecule has 150 valence electrons. The Hall–Kier alpha value is -2.32. The molecule has 2 aromatic rings. The Bertz CT molecular complexity index is 882. The van der Waals surface area contributed by atoms with Gasteiger partial charge in [0.15, 0.2) is 0 Å². The third-order valence-electron chi connectivity index (χ3n) is 6.00. The fourth-order valence-electron chi connectivity index (χ4n) is 4.66. The number of halogens is 2. The summed E-state index contributed by atoms with van der Waals surface area (Å²) in [5.41, 5.74) is -0.256. The minimum absolute atomic E-state index is 0.0602. The van der Waals surface area contributed by atoms with Crippen molar-refractivity contribution in [2.75, 3.05) is 27.3 Å². The molecular weight excluding hydrogens is 368 g/mol. The van der Waals surface area contributed by atoms with Gasteiger partial charge in [-0.1, -0.05) is 0 Å². The molecule has 2 aliphatic rings. The lowest BCUT2D eigenvalue weighted by Gasteiger charge is -2.31. The number of rotatable bonds is 5. The zero-order valence-corrected chi connectivity index (χ0v) is 15.9. The highest BCUT2D eigenvalue weighted by molar-refractivity contribution is 5.34. The average Bonchev–Trinajstić information content (AvgIpc) is 3.24. The first-order valence-electron chi connectivity index (χ1n) is 9.28. The molecule has 1 aliphatic carbocycles. The molecule has 2 heterocycles. The van der Waals surface area contributed by atoms with Crippen molar-refractivity contribution in [1.82, 2.24) is 14.9 Å². The van der Waals surface area contributed by atoms with Gasteiger partial charge in [-0.25, -0.2) is 13.8 Å². The van der Waals surface area contributed by atoms with E-state index in [4.69, 9.17) is 9.47 Å². The van der Waals surface area contributed by atoms with Gasteiger partial charge in [0.2, 0.25) is 5.88 Å². The fourth-order valence-corrected chi connectivity index (χ4v) is 4.66. The molecule has 6 nitrogen and oxygen atoms in total. The summed E-state index contributed by atoms with van der Waals surface area (Å²) in [6, 6.07) is 3.67. The third-order valence-corrected chi connectivity index (χ3v) is 6.00. The van der Waals surface area contributed by atoms with Crippen LogP contribution in [0.1, 0.15) is 24.0 Å². The molecule has 0 bridgehead atoms. The fraction of sp³-hybridized carbons (Fsp3) is 0.500. The first-order chi connectivity index (χ1) is 13.4. The summed E-state index contributed by atoms with van der Waals surface area (Å²) in [5, 5.41) is 11.5. The van der Waals surface area contributed by atoms with E-state index in [1.54, 1.807) is 6.20 Å². The van der Waals surface area contributed by atoms with Crippen molar-refractivity contribution < 1.29 is 23.4 Å². The molecule has 0 unspecified atom stereocenters. The Balaban J connectivity index is 1.57. The second kappa shape index (κ2) is 7.25. The number of aliphatic hydroxyl groups is 1. The molecule has 1 saturated heterocycles. The lowest BCUT2D eigenvalue weighted by Crippen LogP contribution is -2.35. The lowest BCUT2D eigenvalue weighted by molar-refractivity contribution is -0.00975. The maximum Gasteiger partial charge on any atom is 0.319 e. The smallest absolute Gasteiger partial charge is 0.319 e. The second-order valence-electron chi connectivity index (χ2n) is 7.54. The minimum atomic E-state index is -1.13. The normalized spacial score (nSPS) is 27.0. The van der Waals surface area contributed by atoms with Crippen LogP contribution in [0, 0.1) is 23.5 Å². The van der Waals surface area contributed by atoms with Crippen LogP contribution in [-0.2, 0) is 12.1 Å². The Morgan fingerprint density at radius 3 is 2.82 bits per heavy atom. The van der Waals surface area contributed by atoms with Gasteiger partial charge < -0.3 is 14.6 Å². The summed E-state index contributed by atoms with van der Waals surface area (Å²) in [5.74, 6) is -0.376. The number of hydrogen-bond donors (Lipinski definition) is 1.